The van der Waals surface area contributed by atoms with Gasteiger partial charge < -0.3 is 5.32 Å². The number of rotatable bonds is 2. The lowest BCUT2D eigenvalue weighted by Gasteiger charge is -2.32. The second-order valence-corrected chi connectivity index (χ2v) is 4.75. The lowest BCUT2D eigenvalue weighted by atomic mass is 9.99. The third kappa shape index (κ3) is 2.66. The molecule has 1 amide bonds. The van der Waals surface area contributed by atoms with Crippen molar-refractivity contribution >= 4 is 5.91 Å². The summed E-state index contributed by atoms with van der Waals surface area (Å²) in [5, 5.41) is 6.47. The zero-order valence-electron chi connectivity index (χ0n) is 10.5. The van der Waals surface area contributed by atoms with Crippen LogP contribution in [0.3, 0.4) is 0 Å². The van der Waals surface area contributed by atoms with Gasteiger partial charge in [0.05, 0.1) is 0 Å². The number of hydrogen-bond acceptors (Lipinski definition) is 2. The molecule has 2 aromatic rings. The quantitative estimate of drug-likeness (QED) is 0.862. The average Bonchev–Trinajstić information content (AvgIpc) is 2.48. The molecule has 1 aliphatic rings. The Balaban J connectivity index is 1.84. The predicted molar refractivity (Wildman–Crippen MR) is 74.3 cm³/mol. The van der Waals surface area contributed by atoms with Gasteiger partial charge in [-0.05, 0) is 11.1 Å². The van der Waals surface area contributed by atoms with Crippen LogP contribution in [0.25, 0.3) is 0 Å². The SMILES string of the molecule is O=C1CC(c2ccccc2)NC(c2ccccc2)N1. The molecule has 3 rings (SSSR count). The van der Waals surface area contributed by atoms with Crippen LogP contribution in [-0.2, 0) is 4.79 Å². The molecule has 1 fully saturated rings. The van der Waals surface area contributed by atoms with E-state index in [2.05, 4.69) is 22.8 Å². The van der Waals surface area contributed by atoms with E-state index in [1.807, 2.05) is 48.5 Å². The molecule has 2 atom stereocenters. The summed E-state index contributed by atoms with van der Waals surface area (Å²) < 4.78 is 0. The van der Waals surface area contributed by atoms with Crippen LogP contribution >= 0.6 is 0 Å². The minimum Gasteiger partial charge on any atom is -0.337 e. The third-order valence-electron chi connectivity index (χ3n) is 3.40. The van der Waals surface area contributed by atoms with E-state index < -0.39 is 0 Å². The van der Waals surface area contributed by atoms with Crippen LogP contribution in [0.15, 0.2) is 60.7 Å². The van der Waals surface area contributed by atoms with Gasteiger partial charge in [-0.15, -0.1) is 0 Å². The number of amides is 1. The smallest absolute Gasteiger partial charge is 0.223 e. The molecule has 0 saturated carbocycles. The highest BCUT2D eigenvalue weighted by molar-refractivity contribution is 5.78. The molecule has 0 spiro atoms. The molecule has 96 valence electrons. The Hall–Kier alpha value is -2.13. The Bertz CT molecular complexity index is 504. The molecule has 3 nitrogen and oxygen atoms in total. The van der Waals surface area contributed by atoms with Gasteiger partial charge in [-0.1, -0.05) is 60.7 Å². The number of benzene rings is 2. The van der Waals surface area contributed by atoms with Crippen LogP contribution in [-0.4, -0.2) is 5.91 Å². The van der Waals surface area contributed by atoms with E-state index in [0.717, 1.165) is 11.1 Å². The minimum absolute atomic E-state index is 0.0696. The zero-order chi connectivity index (χ0) is 13.1. The molecule has 0 aliphatic carbocycles. The van der Waals surface area contributed by atoms with Crippen molar-refractivity contribution in [3.8, 4) is 0 Å². The van der Waals surface area contributed by atoms with E-state index in [1.54, 1.807) is 0 Å². The summed E-state index contributed by atoms with van der Waals surface area (Å²) in [6, 6.07) is 20.1. The number of nitrogens with one attached hydrogen (secondary N) is 2. The van der Waals surface area contributed by atoms with Gasteiger partial charge in [0.1, 0.15) is 6.17 Å². The Morgan fingerprint density at radius 1 is 0.842 bits per heavy atom. The van der Waals surface area contributed by atoms with E-state index in [-0.39, 0.29) is 18.1 Å². The molecule has 0 aromatic heterocycles. The number of carbonyl (C=O) groups is 1. The summed E-state index contributed by atoms with van der Waals surface area (Å²) in [5.41, 5.74) is 2.23. The summed E-state index contributed by atoms with van der Waals surface area (Å²) in [6.45, 7) is 0. The Kier molecular flexibility index (Phi) is 3.29. The van der Waals surface area contributed by atoms with Crippen LogP contribution in [0, 0.1) is 0 Å². The highest BCUT2D eigenvalue weighted by Gasteiger charge is 2.27. The van der Waals surface area contributed by atoms with Gasteiger partial charge in [-0.25, -0.2) is 0 Å². The molecule has 2 N–H and O–H groups in total. The first-order valence-corrected chi connectivity index (χ1v) is 6.48. The maximum atomic E-state index is 11.9. The molecule has 2 unspecified atom stereocenters. The van der Waals surface area contributed by atoms with Crippen molar-refractivity contribution in [2.75, 3.05) is 0 Å². The monoisotopic (exact) mass is 252 g/mol. The fourth-order valence-electron chi connectivity index (χ4n) is 2.43. The maximum absolute atomic E-state index is 11.9. The molecule has 2 aromatic carbocycles. The molecule has 1 saturated heterocycles. The fraction of sp³-hybridized carbons (Fsp3) is 0.188. The Labute approximate surface area is 112 Å². The van der Waals surface area contributed by atoms with Crippen molar-refractivity contribution in [3.63, 3.8) is 0 Å². The molecular formula is C16H16N2O. The summed E-state index contributed by atoms with van der Waals surface area (Å²) in [6.07, 6.45) is 0.362. The lowest BCUT2D eigenvalue weighted by Crippen LogP contribution is -2.46. The highest BCUT2D eigenvalue weighted by atomic mass is 16.2. The Morgan fingerprint density at radius 2 is 1.42 bits per heavy atom. The molecule has 19 heavy (non-hydrogen) atoms. The van der Waals surface area contributed by atoms with Crippen LogP contribution in [0.5, 0.6) is 0 Å². The van der Waals surface area contributed by atoms with Crippen LogP contribution in [0.4, 0.5) is 0 Å². The van der Waals surface area contributed by atoms with E-state index >= 15 is 0 Å². The highest BCUT2D eigenvalue weighted by Crippen LogP contribution is 2.24. The summed E-state index contributed by atoms with van der Waals surface area (Å²) >= 11 is 0. The standard InChI is InChI=1S/C16H16N2O/c19-15-11-14(12-7-3-1-4-8-12)17-16(18-15)13-9-5-2-6-10-13/h1-10,14,16-17H,11H2,(H,18,19). The van der Waals surface area contributed by atoms with E-state index in [9.17, 15) is 4.79 Å². The topological polar surface area (TPSA) is 41.1 Å². The van der Waals surface area contributed by atoms with Gasteiger partial charge in [0.15, 0.2) is 0 Å². The second-order valence-electron chi connectivity index (χ2n) is 4.75. The normalized spacial score (nSPS) is 22.8. The fourth-order valence-corrected chi connectivity index (χ4v) is 2.43. The molecule has 3 heteroatoms. The van der Waals surface area contributed by atoms with E-state index in [0.29, 0.717) is 6.42 Å². The van der Waals surface area contributed by atoms with Gasteiger partial charge in [-0.2, -0.15) is 0 Å². The molecule has 0 bridgehead atoms. The predicted octanol–water partition coefficient (Wildman–Crippen LogP) is 2.54. The third-order valence-corrected chi connectivity index (χ3v) is 3.40. The van der Waals surface area contributed by atoms with Crippen LogP contribution in [0.2, 0.25) is 0 Å². The van der Waals surface area contributed by atoms with Gasteiger partial charge in [0.2, 0.25) is 5.91 Å². The largest absolute Gasteiger partial charge is 0.337 e. The molecular weight excluding hydrogens is 236 g/mol. The van der Waals surface area contributed by atoms with Gasteiger partial charge >= 0.3 is 0 Å². The van der Waals surface area contributed by atoms with E-state index in [4.69, 9.17) is 0 Å². The Morgan fingerprint density at radius 3 is 2.05 bits per heavy atom. The summed E-state index contributed by atoms with van der Waals surface area (Å²) in [4.78, 5) is 11.9. The number of carbonyl (C=O) groups excluding carboxylic acids is 1. The van der Waals surface area contributed by atoms with Crippen LogP contribution < -0.4 is 10.6 Å². The van der Waals surface area contributed by atoms with Crippen molar-refractivity contribution in [1.82, 2.24) is 10.6 Å². The van der Waals surface area contributed by atoms with Crippen molar-refractivity contribution in [1.29, 1.82) is 0 Å². The van der Waals surface area contributed by atoms with Gasteiger partial charge in [0, 0.05) is 12.5 Å². The van der Waals surface area contributed by atoms with Crippen LogP contribution in [0.1, 0.15) is 29.8 Å². The average molecular weight is 252 g/mol. The lowest BCUT2D eigenvalue weighted by molar-refractivity contribution is -0.124. The second kappa shape index (κ2) is 5.24. The maximum Gasteiger partial charge on any atom is 0.223 e. The first-order chi connectivity index (χ1) is 9.33. The van der Waals surface area contributed by atoms with Gasteiger partial charge in [-0.3, -0.25) is 10.1 Å². The summed E-state index contributed by atoms with van der Waals surface area (Å²) in [7, 11) is 0. The molecule has 1 heterocycles. The van der Waals surface area contributed by atoms with Crippen molar-refractivity contribution in [2.24, 2.45) is 0 Å². The van der Waals surface area contributed by atoms with Gasteiger partial charge in [0.25, 0.3) is 0 Å². The number of hydrogen-bond donors (Lipinski definition) is 2. The zero-order valence-corrected chi connectivity index (χ0v) is 10.5. The van der Waals surface area contributed by atoms with Crippen molar-refractivity contribution in [3.05, 3.63) is 71.8 Å². The first kappa shape index (κ1) is 11.9. The first-order valence-electron chi connectivity index (χ1n) is 6.48. The molecule has 1 aliphatic heterocycles. The van der Waals surface area contributed by atoms with Crippen molar-refractivity contribution in [2.45, 2.75) is 18.6 Å². The summed E-state index contributed by atoms with van der Waals surface area (Å²) in [5.74, 6) is 0.0847. The van der Waals surface area contributed by atoms with E-state index in [1.165, 1.54) is 0 Å². The van der Waals surface area contributed by atoms with Crippen molar-refractivity contribution < 1.29 is 4.79 Å². The molecule has 0 radical (unpaired) electrons. The minimum atomic E-state index is -0.118.